The van der Waals surface area contributed by atoms with E-state index in [1.165, 1.54) is 11.9 Å². The fourth-order valence-electron chi connectivity index (χ4n) is 6.92. The van der Waals surface area contributed by atoms with Gasteiger partial charge in [-0.2, -0.15) is 0 Å². The zero-order valence-corrected chi connectivity index (χ0v) is 22.0. The summed E-state index contributed by atoms with van der Waals surface area (Å²) in [5, 5.41) is 6.65. The predicted molar refractivity (Wildman–Crippen MR) is 151 cm³/mol. The van der Waals surface area contributed by atoms with Crippen LogP contribution in [0.2, 0.25) is 0 Å². The van der Waals surface area contributed by atoms with Crippen LogP contribution in [0.3, 0.4) is 0 Å². The van der Waals surface area contributed by atoms with Gasteiger partial charge in [-0.1, -0.05) is 24.3 Å². The monoisotopic (exact) mass is 531 g/mol. The third-order valence-corrected chi connectivity index (χ3v) is 8.88. The first-order valence-corrected chi connectivity index (χ1v) is 13.6. The molecule has 0 bridgehead atoms. The van der Waals surface area contributed by atoms with Crippen LogP contribution in [-0.2, 0) is 4.74 Å². The second kappa shape index (κ2) is 8.30. The fraction of sp³-hybridized carbons (Fsp3) is 0.250. The molecule has 40 heavy (non-hydrogen) atoms. The lowest BCUT2D eigenvalue weighted by Crippen LogP contribution is -2.43. The zero-order valence-electron chi connectivity index (χ0n) is 22.0. The summed E-state index contributed by atoms with van der Waals surface area (Å²) in [6.07, 6.45) is 0.707. The number of carbonyl (C=O) groups excluding carboxylic acids is 4. The molecule has 8 nitrogen and oxygen atoms in total. The quantitative estimate of drug-likeness (QED) is 0.196. The van der Waals surface area contributed by atoms with Gasteiger partial charge in [0.15, 0.2) is 0 Å². The summed E-state index contributed by atoms with van der Waals surface area (Å²) in [6, 6.07) is 14.9. The van der Waals surface area contributed by atoms with Crippen LogP contribution in [0.5, 0.6) is 0 Å². The van der Waals surface area contributed by atoms with Gasteiger partial charge in [-0.15, -0.1) is 0 Å². The highest BCUT2D eigenvalue weighted by molar-refractivity contribution is 6.41. The number of hydrogen-bond acceptors (Lipinski definition) is 6. The van der Waals surface area contributed by atoms with E-state index in [9.17, 15) is 19.2 Å². The van der Waals surface area contributed by atoms with Crippen LogP contribution in [0, 0.1) is 0 Å². The maximum absolute atomic E-state index is 13.7. The summed E-state index contributed by atoms with van der Waals surface area (Å²) >= 11 is 0. The zero-order chi connectivity index (χ0) is 27.3. The largest absolute Gasteiger partial charge is 0.379 e. The molecule has 0 spiro atoms. The Morgan fingerprint density at radius 3 is 1.45 bits per heavy atom. The Balaban J connectivity index is 1.30. The second-order valence-electron chi connectivity index (χ2n) is 10.9. The molecule has 3 heterocycles. The van der Waals surface area contributed by atoms with E-state index in [-0.39, 0.29) is 23.6 Å². The third kappa shape index (κ3) is 2.97. The van der Waals surface area contributed by atoms with E-state index in [1.54, 1.807) is 12.1 Å². The van der Waals surface area contributed by atoms with Crippen LogP contribution in [0.25, 0.3) is 43.1 Å². The summed E-state index contributed by atoms with van der Waals surface area (Å²) < 4.78 is 5.42. The SMILES string of the molecule is CN1C(=O)c2ccc3c4ccc5c6c(ccc(c7ccc(c2c37)C1=O)c64)C(=O)N(CCCN1CCOCC1)C5=O. The smallest absolute Gasteiger partial charge is 0.261 e. The first kappa shape index (κ1) is 23.5. The molecule has 5 aromatic rings. The number of hydrogen-bond donors (Lipinski definition) is 0. The fourth-order valence-corrected chi connectivity index (χ4v) is 6.92. The molecule has 0 radical (unpaired) electrons. The molecule has 0 aromatic heterocycles. The Bertz CT molecular complexity index is 1850. The molecule has 4 amide bonds. The number of nitrogens with zero attached hydrogens (tertiary/aromatic N) is 3. The van der Waals surface area contributed by atoms with E-state index in [1.807, 2.05) is 36.4 Å². The van der Waals surface area contributed by atoms with Crippen molar-refractivity contribution >= 4 is 66.7 Å². The minimum Gasteiger partial charge on any atom is -0.379 e. The molecular formula is C32H25N3O5. The van der Waals surface area contributed by atoms with E-state index in [0.717, 1.165) is 56.9 Å². The lowest BCUT2D eigenvalue weighted by Gasteiger charge is -2.30. The average molecular weight is 532 g/mol. The molecule has 5 aromatic carbocycles. The number of fused-ring (bicyclic) bond motifs is 2. The van der Waals surface area contributed by atoms with Gasteiger partial charge in [0.25, 0.3) is 23.6 Å². The molecular weight excluding hydrogens is 506 g/mol. The summed E-state index contributed by atoms with van der Waals surface area (Å²) in [5.41, 5.74) is 2.07. The van der Waals surface area contributed by atoms with E-state index in [2.05, 4.69) is 4.90 Å². The second-order valence-corrected chi connectivity index (χ2v) is 10.9. The van der Waals surface area contributed by atoms with Crippen LogP contribution in [0.4, 0.5) is 0 Å². The van der Waals surface area contributed by atoms with Gasteiger partial charge < -0.3 is 4.74 Å². The average Bonchev–Trinajstić information content (AvgIpc) is 2.99. The molecule has 3 aliphatic heterocycles. The van der Waals surface area contributed by atoms with E-state index in [4.69, 9.17) is 4.74 Å². The number of ether oxygens (including phenoxy) is 1. The first-order valence-electron chi connectivity index (χ1n) is 13.6. The van der Waals surface area contributed by atoms with Crippen LogP contribution in [0.1, 0.15) is 47.9 Å². The number of benzene rings is 5. The molecule has 0 atom stereocenters. The number of imide groups is 2. The predicted octanol–water partition coefficient (Wildman–Crippen LogP) is 4.28. The third-order valence-electron chi connectivity index (χ3n) is 8.88. The van der Waals surface area contributed by atoms with Crippen LogP contribution in [-0.4, -0.2) is 84.8 Å². The van der Waals surface area contributed by atoms with Gasteiger partial charge in [0.1, 0.15) is 0 Å². The Hall–Kier alpha value is -4.40. The molecule has 0 aliphatic carbocycles. The minimum absolute atomic E-state index is 0.265. The molecule has 0 N–H and O–H groups in total. The highest BCUT2D eigenvalue weighted by Gasteiger charge is 2.35. The van der Waals surface area contributed by atoms with E-state index >= 15 is 0 Å². The van der Waals surface area contributed by atoms with E-state index < -0.39 is 0 Å². The van der Waals surface area contributed by atoms with Gasteiger partial charge in [0, 0.05) is 66.3 Å². The van der Waals surface area contributed by atoms with Crippen molar-refractivity contribution in [3.8, 4) is 0 Å². The molecule has 0 saturated carbocycles. The lowest BCUT2D eigenvalue weighted by atomic mass is 9.82. The molecule has 1 fully saturated rings. The van der Waals surface area contributed by atoms with Crippen molar-refractivity contribution in [3.05, 3.63) is 70.8 Å². The Morgan fingerprint density at radius 1 is 0.575 bits per heavy atom. The Kier molecular flexibility index (Phi) is 4.87. The number of morpholine rings is 1. The molecule has 0 unspecified atom stereocenters. The van der Waals surface area contributed by atoms with Crippen molar-refractivity contribution < 1.29 is 23.9 Å². The van der Waals surface area contributed by atoms with Crippen LogP contribution >= 0.6 is 0 Å². The van der Waals surface area contributed by atoms with Crippen LogP contribution < -0.4 is 0 Å². The van der Waals surface area contributed by atoms with Gasteiger partial charge in [-0.25, -0.2) is 0 Å². The van der Waals surface area contributed by atoms with Crippen molar-refractivity contribution in [1.29, 1.82) is 0 Å². The Morgan fingerprint density at radius 2 is 1.00 bits per heavy atom. The normalized spacial score (nSPS) is 17.9. The Labute approximate surface area is 229 Å². The highest BCUT2D eigenvalue weighted by atomic mass is 16.5. The molecule has 1 saturated heterocycles. The van der Waals surface area contributed by atoms with Crippen molar-refractivity contribution in [3.63, 3.8) is 0 Å². The van der Waals surface area contributed by atoms with Gasteiger partial charge in [-0.05, 0) is 63.0 Å². The summed E-state index contributed by atoms with van der Waals surface area (Å²) in [4.78, 5) is 58.2. The van der Waals surface area contributed by atoms with Crippen molar-refractivity contribution in [2.45, 2.75) is 6.42 Å². The van der Waals surface area contributed by atoms with Crippen molar-refractivity contribution in [1.82, 2.24) is 14.7 Å². The van der Waals surface area contributed by atoms with Crippen molar-refractivity contribution in [2.75, 3.05) is 46.4 Å². The number of carbonyl (C=O) groups is 4. The van der Waals surface area contributed by atoms with Gasteiger partial charge in [0.2, 0.25) is 0 Å². The lowest BCUT2D eigenvalue weighted by molar-refractivity contribution is 0.0352. The van der Waals surface area contributed by atoms with Crippen LogP contribution in [0.15, 0.2) is 48.5 Å². The van der Waals surface area contributed by atoms with E-state index in [0.29, 0.717) is 59.2 Å². The number of amides is 4. The topological polar surface area (TPSA) is 87.2 Å². The highest BCUT2D eigenvalue weighted by Crippen LogP contribution is 2.46. The first-order chi connectivity index (χ1) is 19.5. The standard InChI is InChI=1S/C32H25N3O5/c1-33-29(36)21-7-3-17-19-5-9-23-28-24(32(39)35(31(23)38)12-2-11-34-13-15-40-16-14-34)10-6-20(26(19)28)18-4-8-22(30(33)37)27(21)25(17)18/h3-10H,2,11-16H2,1H3. The van der Waals surface area contributed by atoms with Gasteiger partial charge in [0.05, 0.1) is 13.2 Å². The van der Waals surface area contributed by atoms with Crippen molar-refractivity contribution in [2.24, 2.45) is 0 Å². The van der Waals surface area contributed by atoms with Gasteiger partial charge >= 0.3 is 0 Å². The number of rotatable bonds is 4. The molecule has 8 rings (SSSR count). The maximum Gasteiger partial charge on any atom is 0.261 e. The summed E-state index contributed by atoms with van der Waals surface area (Å²) in [6.45, 7) is 4.34. The summed E-state index contributed by atoms with van der Waals surface area (Å²) in [5.74, 6) is -1.17. The minimum atomic E-state index is -0.317. The molecule has 3 aliphatic rings. The maximum atomic E-state index is 13.7. The molecule has 8 heteroatoms. The summed E-state index contributed by atoms with van der Waals surface area (Å²) in [7, 11) is 1.50. The molecule has 198 valence electrons. The van der Waals surface area contributed by atoms with Gasteiger partial charge in [-0.3, -0.25) is 33.9 Å².